The van der Waals surface area contributed by atoms with E-state index in [1.54, 1.807) is 13.0 Å². The zero-order valence-electron chi connectivity index (χ0n) is 14.0. The number of aryl methyl sites for hydroxylation is 2. The molecule has 0 aliphatic rings. The molecule has 0 fully saturated rings. The predicted octanol–water partition coefficient (Wildman–Crippen LogP) is 2.59. The highest BCUT2D eigenvalue weighted by Gasteiger charge is 2.23. The molecule has 1 aromatic carbocycles. The molecule has 0 aliphatic heterocycles. The molecule has 3 N–H and O–H groups in total. The lowest BCUT2D eigenvalue weighted by atomic mass is 10.1. The quantitative estimate of drug-likeness (QED) is 0.794. The molecule has 3 amide bonds. The van der Waals surface area contributed by atoms with E-state index in [1.165, 1.54) is 13.1 Å². The summed E-state index contributed by atoms with van der Waals surface area (Å²) in [6, 6.07) is 4.61. The minimum absolute atomic E-state index is 0.113. The summed E-state index contributed by atoms with van der Waals surface area (Å²) >= 11 is 0. The average molecular weight is 348 g/mol. The zero-order valence-corrected chi connectivity index (χ0v) is 14.0. The third-order valence-corrected chi connectivity index (χ3v) is 3.40. The number of urea groups is 1. The number of likely N-dealkylation sites (N-methyl/N-ethyl adjacent to an activating group) is 1. The summed E-state index contributed by atoms with van der Waals surface area (Å²) in [7, 11) is 1.38. The van der Waals surface area contributed by atoms with E-state index in [9.17, 15) is 18.4 Å². The van der Waals surface area contributed by atoms with E-state index < -0.39 is 29.6 Å². The second-order valence-corrected chi connectivity index (χ2v) is 5.49. The lowest BCUT2D eigenvalue weighted by Crippen LogP contribution is -2.41. The van der Waals surface area contributed by atoms with E-state index >= 15 is 0 Å². The number of nitrogens with one attached hydrogen (secondary N) is 3. The van der Waals surface area contributed by atoms with Gasteiger partial charge in [0.1, 0.15) is 11.9 Å². The van der Waals surface area contributed by atoms with Gasteiger partial charge in [-0.15, -0.1) is 0 Å². The van der Waals surface area contributed by atoms with Gasteiger partial charge in [0.25, 0.3) is 0 Å². The van der Waals surface area contributed by atoms with E-state index in [-0.39, 0.29) is 5.56 Å². The molecule has 8 heteroatoms. The van der Waals surface area contributed by atoms with Gasteiger partial charge in [0.2, 0.25) is 5.91 Å². The van der Waals surface area contributed by atoms with Crippen LogP contribution < -0.4 is 16.0 Å². The van der Waals surface area contributed by atoms with E-state index in [4.69, 9.17) is 0 Å². The largest absolute Gasteiger partial charge is 0.357 e. The summed E-state index contributed by atoms with van der Waals surface area (Å²) in [5.41, 5.74) is 1.74. The first-order valence-corrected chi connectivity index (χ1v) is 7.49. The van der Waals surface area contributed by atoms with Crippen molar-refractivity contribution in [1.82, 2.24) is 15.6 Å². The molecule has 0 bridgehead atoms. The second-order valence-electron chi connectivity index (χ2n) is 5.49. The van der Waals surface area contributed by atoms with Crippen LogP contribution in [-0.2, 0) is 4.79 Å². The summed E-state index contributed by atoms with van der Waals surface area (Å²) in [6.45, 7) is 3.64. The van der Waals surface area contributed by atoms with Crippen molar-refractivity contribution in [3.63, 3.8) is 0 Å². The third kappa shape index (κ3) is 4.72. The number of hydrogen-bond acceptors (Lipinski definition) is 3. The third-order valence-electron chi connectivity index (χ3n) is 3.40. The highest BCUT2D eigenvalue weighted by molar-refractivity contribution is 5.93. The Kier molecular flexibility index (Phi) is 5.63. The number of carbonyl (C=O) groups excluding carboxylic acids is 2. The van der Waals surface area contributed by atoms with Gasteiger partial charge in [-0.3, -0.25) is 10.1 Å². The van der Waals surface area contributed by atoms with Crippen LogP contribution in [0.1, 0.15) is 22.9 Å². The molecule has 1 unspecified atom stereocenters. The molecule has 25 heavy (non-hydrogen) atoms. The summed E-state index contributed by atoms with van der Waals surface area (Å²) < 4.78 is 26.5. The molecular weight excluding hydrogens is 330 g/mol. The molecule has 1 aromatic heterocycles. The van der Waals surface area contributed by atoms with Crippen molar-refractivity contribution in [3.05, 3.63) is 58.8 Å². The lowest BCUT2D eigenvalue weighted by Gasteiger charge is -2.18. The SMILES string of the molecule is CNC(=O)C(NC(=O)Nc1cc(C)cc(C)n1)c1ccc(F)c(F)c1. The van der Waals surface area contributed by atoms with E-state index in [1.807, 2.05) is 13.0 Å². The Balaban J connectivity index is 2.20. The molecule has 0 aliphatic carbocycles. The van der Waals surface area contributed by atoms with Crippen molar-refractivity contribution in [2.75, 3.05) is 12.4 Å². The van der Waals surface area contributed by atoms with Crippen molar-refractivity contribution in [2.24, 2.45) is 0 Å². The summed E-state index contributed by atoms with van der Waals surface area (Å²) in [5, 5.41) is 7.32. The van der Waals surface area contributed by atoms with Crippen molar-refractivity contribution in [3.8, 4) is 0 Å². The van der Waals surface area contributed by atoms with E-state index in [2.05, 4.69) is 20.9 Å². The Labute approximate surface area is 143 Å². The molecule has 1 atom stereocenters. The van der Waals surface area contributed by atoms with Crippen LogP contribution in [0.3, 0.4) is 0 Å². The van der Waals surface area contributed by atoms with Gasteiger partial charge in [-0.1, -0.05) is 6.07 Å². The smallest absolute Gasteiger partial charge is 0.321 e. The van der Waals surface area contributed by atoms with Gasteiger partial charge in [-0.25, -0.2) is 18.6 Å². The Bertz CT molecular complexity index is 791. The molecule has 2 aromatic rings. The molecular formula is C17H18F2N4O2. The number of pyridine rings is 1. The lowest BCUT2D eigenvalue weighted by molar-refractivity contribution is -0.122. The van der Waals surface area contributed by atoms with Crippen molar-refractivity contribution in [1.29, 1.82) is 0 Å². The van der Waals surface area contributed by atoms with E-state index in [0.717, 1.165) is 23.4 Å². The van der Waals surface area contributed by atoms with E-state index in [0.29, 0.717) is 5.82 Å². The highest BCUT2D eigenvalue weighted by Crippen LogP contribution is 2.17. The monoisotopic (exact) mass is 348 g/mol. The number of amides is 3. The molecule has 0 saturated carbocycles. The summed E-state index contributed by atoms with van der Waals surface area (Å²) in [5.74, 6) is -2.40. The van der Waals surface area contributed by atoms with Crippen molar-refractivity contribution < 1.29 is 18.4 Å². The fourth-order valence-corrected chi connectivity index (χ4v) is 2.33. The number of benzene rings is 1. The molecule has 1 heterocycles. The van der Waals surface area contributed by atoms with Crippen LogP contribution in [0, 0.1) is 25.5 Å². The molecule has 6 nitrogen and oxygen atoms in total. The molecule has 2 rings (SSSR count). The first-order valence-electron chi connectivity index (χ1n) is 7.49. The second kappa shape index (κ2) is 7.69. The number of carbonyl (C=O) groups is 2. The van der Waals surface area contributed by atoms with Crippen LogP contribution >= 0.6 is 0 Å². The fourth-order valence-electron chi connectivity index (χ4n) is 2.33. The van der Waals surface area contributed by atoms with Crippen molar-refractivity contribution in [2.45, 2.75) is 19.9 Å². The Hall–Kier alpha value is -3.03. The number of rotatable bonds is 4. The van der Waals surface area contributed by atoms with Gasteiger partial charge in [0, 0.05) is 12.7 Å². The summed E-state index contributed by atoms with van der Waals surface area (Å²) in [4.78, 5) is 28.4. The molecule has 0 spiro atoms. The normalized spacial score (nSPS) is 11.6. The number of aromatic nitrogens is 1. The van der Waals surface area contributed by atoms with Crippen LogP contribution in [0.15, 0.2) is 30.3 Å². The number of nitrogens with zero attached hydrogens (tertiary/aromatic N) is 1. The Morgan fingerprint density at radius 3 is 2.40 bits per heavy atom. The van der Waals surface area contributed by atoms with Crippen LogP contribution in [0.25, 0.3) is 0 Å². The van der Waals surface area contributed by atoms with Crippen LogP contribution in [0.2, 0.25) is 0 Å². The van der Waals surface area contributed by atoms with Gasteiger partial charge in [-0.05, 0) is 49.2 Å². The number of anilines is 1. The first-order chi connectivity index (χ1) is 11.8. The number of hydrogen-bond donors (Lipinski definition) is 3. The topological polar surface area (TPSA) is 83.1 Å². The molecule has 132 valence electrons. The molecule has 0 saturated heterocycles. The maximum Gasteiger partial charge on any atom is 0.321 e. The molecule has 0 radical (unpaired) electrons. The van der Waals surface area contributed by atoms with Gasteiger partial charge >= 0.3 is 6.03 Å². The Morgan fingerprint density at radius 1 is 1.08 bits per heavy atom. The van der Waals surface area contributed by atoms with Crippen LogP contribution in [0.5, 0.6) is 0 Å². The van der Waals surface area contributed by atoms with Gasteiger partial charge in [-0.2, -0.15) is 0 Å². The van der Waals surface area contributed by atoms with Gasteiger partial charge < -0.3 is 10.6 Å². The zero-order chi connectivity index (χ0) is 18.6. The predicted molar refractivity (Wildman–Crippen MR) is 89.0 cm³/mol. The van der Waals surface area contributed by atoms with Crippen LogP contribution in [-0.4, -0.2) is 24.0 Å². The van der Waals surface area contributed by atoms with Crippen LogP contribution in [0.4, 0.5) is 19.4 Å². The Morgan fingerprint density at radius 2 is 1.80 bits per heavy atom. The maximum absolute atomic E-state index is 13.4. The standard InChI is InChI=1S/C17H18F2N4O2/c1-9-6-10(2)21-14(7-9)22-17(25)23-15(16(24)20-3)11-4-5-12(18)13(19)8-11/h4-8,15H,1-3H3,(H,20,24)(H2,21,22,23,25). The minimum Gasteiger partial charge on any atom is -0.357 e. The first kappa shape index (κ1) is 18.3. The summed E-state index contributed by atoms with van der Waals surface area (Å²) in [6.07, 6.45) is 0. The van der Waals surface area contributed by atoms with Gasteiger partial charge in [0.15, 0.2) is 11.6 Å². The van der Waals surface area contributed by atoms with Crippen molar-refractivity contribution >= 4 is 17.8 Å². The number of halogens is 2. The maximum atomic E-state index is 13.4. The average Bonchev–Trinajstić information content (AvgIpc) is 2.53. The fraction of sp³-hybridized carbons (Fsp3) is 0.235. The highest BCUT2D eigenvalue weighted by atomic mass is 19.2. The minimum atomic E-state index is -1.19. The van der Waals surface area contributed by atoms with Gasteiger partial charge in [0.05, 0.1) is 0 Å².